The van der Waals surface area contributed by atoms with Crippen molar-refractivity contribution in [2.75, 3.05) is 12.3 Å². The highest BCUT2D eigenvalue weighted by atomic mass is 16.5. The minimum atomic E-state index is -0.602. The van der Waals surface area contributed by atoms with E-state index in [1.165, 1.54) is 4.57 Å². The van der Waals surface area contributed by atoms with E-state index in [2.05, 4.69) is 0 Å². The molecule has 0 saturated heterocycles. The third-order valence-electron chi connectivity index (χ3n) is 3.93. The molecule has 24 heavy (non-hydrogen) atoms. The lowest BCUT2D eigenvalue weighted by atomic mass is 10.1. The van der Waals surface area contributed by atoms with Crippen molar-refractivity contribution >= 4 is 28.5 Å². The van der Waals surface area contributed by atoms with Crippen LogP contribution in [0.25, 0.3) is 10.9 Å². The maximum Gasteiger partial charge on any atom is 0.357 e. The number of hydrogen-bond donors (Lipinski definition) is 1. The third kappa shape index (κ3) is 2.44. The van der Waals surface area contributed by atoms with Gasteiger partial charge in [-0.25, -0.2) is 4.79 Å². The SMILES string of the molecule is CCOC(=O)c1c(N)c2c(C)cccc2n1C(=O)c1ccccc1. The maximum atomic E-state index is 13.0. The number of nitrogen functional groups attached to an aromatic ring is 1. The van der Waals surface area contributed by atoms with Gasteiger partial charge in [0.15, 0.2) is 5.69 Å². The van der Waals surface area contributed by atoms with Crippen molar-refractivity contribution in [2.45, 2.75) is 13.8 Å². The molecule has 5 nitrogen and oxygen atoms in total. The summed E-state index contributed by atoms with van der Waals surface area (Å²) in [6, 6.07) is 14.3. The summed E-state index contributed by atoms with van der Waals surface area (Å²) in [5.74, 6) is -0.916. The van der Waals surface area contributed by atoms with Gasteiger partial charge in [0.25, 0.3) is 5.91 Å². The molecule has 0 spiro atoms. The first-order valence-electron chi connectivity index (χ1n) is 7.72. The van der Waals surface area contributed by atoms with Crippen LogP contribution >= 0.6 is 0 Å². The Morgan fingerprint density at radius 1 is 1.08 bits per heavy atom. The molecule has 1 heterocycles. The molecule has 0 radical (unpaired) electrons. The number of aryl methyl sites for hydroxylation is 1. The second-order valence-corrected chi connectivity index (χ2v) is 5.46. The average Bonchev–Trinajstić information content (AvgIpc) is 2.89. The van der Waals surface area contributed by atoms with Gasteiger partial charge in [-0.3, -0.25) is 9.36 Å². The number of aromatic nitrogens is 1. The van der Waals surface area contributed by atoms with Crippen LogP contribution in [0.5, 0.6) is 0 Å². The fourth-order valence-corrected chi connectivity index (χ4v) is 2.87. The van der Waals surface area contributed by atoms with Gasteiger partial charge in [0.2, 0.25) is 0 Å². The Balaban J connectivity index is 2.33. The van der Waals surface area contributed by atoms with Crippen molar-refractivity contribution in [3.63, 3.8) is 0 Å². The number of carbonyl (C=O) groups excluding carboxylic acids is 2. The largest absolute Gasteiger partial charge is 0.461 e. The van der Waals surface area contributed by atoms with Crippen molar-refractivity contribution in [1.29, 1.82) is 0 Å². The molecular weight excluding hydrogens is 304 g/mol. The quantitative estimate of drug-likeness (QED) is 0.750. The predicted molar refractivity (Wildman–Crippen MR) is 93.2 cm³/mol. The number of carbonyl (C=O) groups is 2. The zero-order valence-electron chi connectivity index (χ0n) is 13.6. The van der Waals surface area contributed by atoms with E-state index in [0.717, 1.165) is 5.56 Å². The van der Waals surface area contributed by atoms with Crippen LogP contribution < -0.4 is 5.73 Å². The average molecular weight is 322 g/mol. The van der Waals surface area contributed by atoms with Gasteiger partial charge in [0.1, 0.15) is 0 Å². The fourth-order valence-electron chi connectivity index (χ4n) is 2.87. The molecule has 2 aromatic carbocycles. The Hall–Kier alpha value is -3.08. The van der Waals surface area contributed by atoms with Gasteiger partial charge in [-0.1, -0.05) is 30.3 Å². The van der Waals surface area contributed by atoms with Gasteiger partial charge in [-0.2, -0.15) is 0 Å². The highest BCUT2D eigenvalue weighted by Gasteiger charge is 2.27. The van der Waals surface area contributed by atoms with E-state index in [-0.39, 0.29) is 23.9 Å². The molecule has 0 fully saturated rings. The first kappa shape index (κ1) is 15.8. The lowest BCUT2D eigenvalue weighted by Gasteiger charge is -2.09. The lowest BCUT2D eigenvalue weighted by molar-refractivity contribution is 0.0512. The molecule has 0 aliphatic heterocycles. The predicted octanol–water partition coefficient (Wildman–Crippen LogP) is 3.40. The lowest BCUT2D eigenvalue weighted by Crippen LogP contribution is -2.20. The van der Waals surface area contributed by atoms with Gasteiger partial charge >= 0.3 is 5.97 Å². The zero-order valence-corrected chi connectivity index (χ0v) is 13.6. The number of ether oxygens (including phenoxy) is 1. The molecule has 0 bridgehead atoms. The number of nitrogens with two attached hydrogens (primary N) is 1. The van der Waals surface area contributed by atoms with Crippen LogP contribution in [-0.2, 0) is 4.74 Å². The number of fused-ring (bicyclic) bond motifs is 1. The molecule has 1 aromatic heterocycles. The minimum Gasteiger partial charge on any atom is -0.461 e. The Kier molecular flexibility index (Phi) is 4.08. The van der Waals surface area contributed by atoms with E-state index in [9.17, 15) is 9.59 Å². The summed E-state index contributed by atoms with van der Waals surface area (Å²) in [6.07, 6.45) is 0. The number of benzene rings is 2. The van der Waals surface area contributed by atoms with Crippen molar-refractivity contribution in [3.8, 4) is 0 Å². The molecule has 0 aliphatic rings. The molecule has 3 aromatic rings. The van der Waals surface area contributed by atoms with E-state index >= 15 is 0 Å². The van der Waals surface area contributed by atoms with Crippen LogP contribution in [0.4, 0.5) is 5.69 Å². The third-order valence-corrected chi connectivity index (χ3v) is 3.93. The minimum absolute atomic E-state index is 0.0787. The number of esters is 1. The Morgan fingerprint density at radius 3 is 2.46 bits per heavy atom. The van der Waals surface area contributed by atoms with E-state index in [0.29, 0.717) is 16.5 Å². The van der Waals surface area contributed by atoms with Crippen molar-refractivity contribution < 1.29 is 14.3 Å². The summed E-state index contributed by atoms with van der Waals surface area (Å²) in [5, 5.41) is 0.699. The molecule has 0 aliphatic carbocycles. The molecule has 3 rings (SSSR count). The summed E-state index contributed by atoms with van der Waals surface area (Å²) in [7, 11) is 0. The van der Waals surface area contributed by atoms with Crippen molar-refractivity contribution in [3.05, 3.63) is 65.4 Å². The fraction of sp³-hybridized carbons (Fsp3) is 0.158. The van der Waals surface area contributed by atoms with Gasteiger partial charge in [-0.15, -0.1) is 0 Å². The molecule has 0 atom stereocenters. The van der Waals surface area contributed by atoms with Crippen molar-refractivity contribution in [1.82, 2.24) is 4.57 Å². The zero-order chi connectivity index (χ0) is 17.3. The van der Waals surface area contributed by atoms with Crippen LogP contribution in [0.15, 0.2) is 48.5 Å². The topological polar surface area (TPSA) is 74.3 Å². The molecule has 2 N–H and O–H groups in total. The van der Waals surface area contributed by atoms with Crippen LogP contribution in [0.2, 0.25) is 0 Å². The molecular formula is C19H18N2O3. The normalized spacial score (nSPS) is 10.8. The number of hydrogen-bond acceptors (Lipinski definition) is 4. The van der Waals surface area contributed by atoms with Gasteiger partial charge in [0.05, 0.1) is 17.8 Å². The summed E-state index contributed by atoms with van der Waals surface area (Å²) >= 11 is 0. The van der Waals surface area contributed by atoms with E-state index in [1.54, 1.807) is 37.3 Å². The summed E-state index contributed by atoms with van der Waals surface area (Å²) in [5.41, 5.74) is 8.53. The summed E-state index contributed by atoms with van der Waals surface area (Å²) < 4.78 is 6.47. The van der Waals surface area contributed by atoms with Gasteiger partial charge in [0, 0.05) is 10.9 Å². The van der Waals surface area contributed by atoms with Crippen LogP contribution in [0.3, 0.4) is 0 Å². The Bertz CT molecular complexity index is 927. The first-order chi connectivity index (χ1) is 11.6. The highest BCUT2D eigenvalue weighted by Crippen LogP contribution is 2.32. The number of rotatable bonds is 3. The van der Waals surface area contributed by atoms with E-state index < -0.39 is 5.97 Å². The number of nitrogens with zero attached hydrogens (tertiary/aromatic N) is 1. The Labute approximate surface area is 139 Å². The standard InChI is InChI=1S/C19H18N2O3/c1-3-24-19(23)17-16(20)15-12(2)8-7-11-14(15)21(17)18(22)13-9-5-4-6-10-13/h4-11H,3,20H2,1-2H3. The molecule has 0 amide bonds. The van der Waals surface area contributed by atoms with E-state index in [4.69, 9.17) is 10.5 Å². The van der Waals surface area contributed by atoms with E-state index in [1.807, 2.05) is 25.1 Å². The smallest absolute Gasteiger partial charge is 0.357 e. The maximum absolute atomic E-state index is 13.0. The summed E-state index contributed by atoms with van der Waals surface area (Å²) in [6.45, 7) is 3.81. The van der Waals surface area contributed by atoms with Gasteiger partial charge < -0.3 is 10.5 Å². The van der Waals surface area contributed by atoms with Gasteiger partial charge in [-0.05, 0) is 37.6 Å². The highest BCUT2D eigenvalue weighted by molar-refractivity contribution is 6.14. The van der Waals surface area contributed by atoms with Crippen LogP contribution in [-0.4, -0.2) is 23.1 Å². The molecule has 5 heteroatoms. The van der Waals surface area contributed by atoms with Crippen LogP contribution in [0, 0.1) is 6.92 Å². The molecule has 122 valence electrons. The second-order valence-electron chi connectivity index (χ2n) is 5.46. The number of anilines is 1. The summed E-state index contributed by atoms with van der Waals surface area (Å²) in [4.78, 5) is 25.4. The molecule has 0 saturated carbocycles. The van der Waals surface area contributed by atoms with Crippen LogP contribution in [0.1, 0.15) is 33.3 Å². The molecule has 0 unspecified atom stereocenters. The van der Waals surface area contributed by atoms with Crippen molar-refractivity contribution in [2.24, 2.45) is 0 Å². The monoisotopic (exact) mass is 322 g/mol. The first-order valence-corrected chi connectivity index (χ1v) is 7.72. The Morgan fingerprint density at radius 2 is 1.79 bits per heavy atom. The second kappa shape index (κ2) is 6.20.